The van der Waals surface area contributed by atoms with Crippen LogP contribution < -0.4 is 20.1 Å². The summed E-state index contributed by atoms with van der Waals surface area (Å²) in [6.07, 6.45) is 1.95. The van der Waals surface area contributed by atoms with E-state index in [1.165, 1.54) is 9.71 Å². The summed E-state index contributed by atoms with van der Waals surface area (Å²) in [4.78, 5) is 8.96. The van der Waals surface area contributed by atoms with Crippen LogP contribution in [0, 0.1) is 0 Å². The predicted molar refractivity (Wildman–Crippen MR) is 131 cm³/mol. The highest BCUT2D eigenvalue weighted by molar-refractivity contribution is 14.0. The lowest BCUT2D eigenvalue weighted by Crippen LogP contribution is -2.37. The van der Waals surface area contributed by atoms with Crippen molar-refractivity contribution in [3.63, 3.8) is 0 Å². The Morgan fingerprint density at radius 3 is 2.59 bits per heavy atom. The van der Waals surface area contributed by atoms with Gasteiger partial charge >= 0.3 is 0 Å². The van der Waals surface area contributed by atoms with E-state index >= 15 is 0 Å². The number of rotatable bonds is 8. The van der Waals surface area contributed by atoms with Crippen LogP contribution >= 0.6 is 35.3 Å². The number of hydrogen-bond acceptors (Lipinski definition) is 5. The van der Waals surface area contributed by atoms with Crippen molar-refractivity contribution in [2.75, 3.05) is 27.8 Å². The minimum atomic E-state index is 0. The summed E-state index contributed by atoms with van der Waals surface area (Å²) in [6, 6.07) is 14.1. The Labute approximate surface area is 192 Å². The summed E-state index contributed by atoms with van der Waals surface area (Å²) in [5.74, 6) is 2.23. The first-order valence-electron chi connectivity index (χ1n) is 9.23. The van der Waals surface area contributed by atoms with Crippen LogP contribution in [0.2, 0.25) is 0 Å². The van der Waals surface area contributed by atoms with Crippen LogP contribution in [-0.2, 0) is 13.0 Å². The lowest BCUT2D eigenvalue weighted by molar-refractivity contribution is 0.354. The number of para-hydroxylation sites is 1. The minimum Gasteiger partial charge on any atom is -0.493 e. The Morgan fingerprint density at radius 2 is 1.86 bits per heavy atom. The molecule has 6 nitrogen and oxygen atoms in total. The van der Waals surface area contributed by atoms with Gasteiger partial charge in [0, 0.05) is 26.6 Å². The van der Waals surface area contributed by atoms with Gasteiger partial charge in [-0.15, -0.1) is 35.3 Å². The predicted octanol–water partition coefficient (Wildman–Crippen LogP) is 4.23. The molecule has 0 fully saturated rings. The average molecular weight is 526 g/mol. The van der Waals surface area contributed by atoms with E-state index < -0.39 is 0 Å². The molecule has 2 aromatic carbocycles. The van der Waals surface area contributed by atoms with Gasteiger partial charge < -0.3 is 20.1 Å². The van der Waals surface area contributed by atoms with Crippen molar-refractivity contribution in [2.24, 2.45) is 4.99 Å². The number of nitrogens with zero attached hydrogens (tertiary/aromatic N) is 2. The third-order valence-electron chi connectivity index (χ3n) is 4.33. The van der Waals surface area contributed by atoms with Gasteiger partial charge in [-0.2, -0.15) is 0 Å². The van der Waals surface area contributed by atoms with Gasteiger partial charge in [-0.3, -0.25) is 4.99 Å². The van der Waals surface area contributed by atoms with Crippen LogP contribution in [0.25, 0.3) is 10.2 Å². The molecule has 0 amide bonds. The molecule has 8 heteroatoms. The second-order valence-electron chi connectivity index (χ2n) is 6.22. The number of fused-ring (bicyclic) bond motifs is 1. The highest BCUT2D eigenvalue weighted by Crippen LogP contribution is 2.27. The molecule has 0 unspecified atom stereocenters. The van der Waals surface area contributed by atoms with E-state index in [9.17, 15) is 0 Å². The van der Waals surface area contributed by atoms with Crippen LogP contribution in [0.4, 0.5) is 0 Å². The summed E-state index contributed by atoms with van der Waals surface area (Å²) < 4.78 is 11.9. The number of thiazole rings is 1. The van der Waals surface area contributed by atoms with Gasteiger partial charge in [0.2, 0.25) is 0 Å². The monoisotopic (exact) mass is 526 g/mol. The number of guanidine groups is 1. The SMILES string of the molecule is CN=C(NCCCc1nc2ccccc2s1)NCc1ccc(OC)c(OC)c1.I. The van der Waals surface area contributed by atoms with E-state index in [0.29, 0.717) is 6.54 Å². The topological polar surface area (TPSA) is 67.8 Å². The van der Waals surface area contributed by atoms with Crippen LogP contribution in [0.5, 0.6) is 11.5 Å². The van der Waals surface area contributed by atoms with Crippen molar-refractivity contribution in [1.29, 1.82) is 0 Å². The molecule has 0 aliphatic heterocycles. The third kappa shape index (κ3) is 6.46. The van der Waals surface area contributed by atoms with Crippen LogP contribution in [0.1, 0.15) is 17.0 Å². The molecule has 0 spiro atoms. The first kappa shape index (κ1) is 23.2. The van der Waals surface area contributed by atoms with E-state index in [-0.39, 0.29) is 24.0 Å². The van der Waals surface area contributed by atoms with Gasteiger partial charge in [0.25, 0.3) is 0 Å². The largest absolute Gasteiger partial charge is 0.493 e. The standard InChI is InChI=1S/C21H26N4O2S.HI/c1-22-21(24-14-15-10-11-17(26-2)18(13-15)27-3)23-12-6-9-20-25-16-7-4-5-8-19(16)28-20;/h4-5,7-8,10-11,13H,6,9,12,14H2,1-3H3,(H2,22,23,24);1H. The van der Waals surface area contributed by atoms with Gasteiger partial charge in [-0.25, -0.2) is 4.98 Å². The highest BCUT2D eigenvalue weighted by Gasteiger charge is 2.06. The molecule has 1 heterocycles. The molecule has 29 heavy (non-hydrogen) atoms. The Kier molecular flexibility index (Phi) is 9.46. The molecule has 2 N–H and O–H groups in total. The average Bonchev–Trinajstić information content (AvgIpc) is 3.15. The summed E-state index contributed by atoms with van der Waals surface area (Å²) in [5.41, 5.74) is 2.18. The minimum absolute atomic E-state index is 0. The summed E-state index contributed by atoms with van der Waals surface area (Å²) in [5, 5.41) is 7.86. The van der Waals surface area contributed by atoms with Crippen molar-refractivity contribution in [2.45, 2.75) is 19.4 Å². The molecule has 0 atom stereocenters. The van der Waals surface area contributed by atoms with Gasteiger partial charge in [0.15, 0.2) is 17.5 Å². The molecule has 0 aliphatic carbocycles. The maximum atomic E-state index is 5.35. The van der Waals surface area contributed by atoms with E-state index in [0.717, 1.165) is 47.9 Å². The lowest BCUT2D eigenvalue weighted by atomic mass is 10.2. The Bertz CT molecular complexity index is 912. The van der Waals surface area contributed by atoms with Crippen LogP contribution in [-0.4, -0.2) is 38.8 Å². The number of hydrogen-bond donors (Lipinski definition) is 2. The first-order chi connectivity index (χ1) is 13.7. The van der Waals surface area contributed by atoms with Crippen molar-refractivity contribution in [3.8, 4) is 11.5 Å². The number of ether oxygens (including phenoxy) is 2. The number of aliphatic imine (C=N–C) groups is 1. The van der Waals surface area contributed by atoms with Gasteiger partial charge in [0.1, 0.15) is 0 Å². The fourth-order valence-electron chi connectivity index (χ4n) is 2.87. The first-order valence-corrected chi connectivity index (χ1v) is 10.0. The van der Waals surface area contributed by atoms with Crippen molar-refractivity contribution in [1.82, 2.24) is 15.6 Å². The number of methoxy groups -OCH3 is 2. The molecule has 0 saturated heterocycles. The molecule has 3 aromatic rings. The maximum Gasteiger partial charge on any atom is 0.191 e. The fourth-order valence-corrected chi connectivity index (χ4v) is 3.88. The Balaban J connectivity index is 0.00000300. The number of aryl methyl sites for hydroxylation is 1. The zero-order valence-corrected chi connectivity index (χ0v) is 20.0. The number of nitrogens with one attached hydrogen (secondary N) is 2. The quantitative estimate of drug-likeness (QED) is 0.199. The number of aromatic nitrogens is 1. The maximum absolute atomic E-state index is 5.35. The molecule has 156 valence electrons. The smallest absolute Gasteiger partial charge is 0.191 e. The van der Waals surface area contributed by atoms with Crippen LogP contribution in [0.3, 0.4) is 0 Å². The zero-order valence-electron chi connectivity index (χ0n) is 16.9. The Hall–Kier alpha value is -2.07. The molecule has 0 radical (unpaired) electrons. The summed E-state index contributed by atoms with van der Waals surface area (Å²) in [6.45, 7) is 1.49. The highest BCUT2D eigenvalue weighted by atomic mass is 127. The molecular formula is C21H27IN4O2S. The van der Waals surface area contributed by atoms with Crippen molar-refractivity contribution < 1.29 is 9.47 Å². The molecular weight excluding hydrogens is 499 g/mol. The van der Waals surface area contributed by atoms with Gasteiger partial charge in [-0.1, -0.05) is 18.2 Å². The normalized spacial score (nSPS) is 11.1. The van der Waals surface area contributed by atoms with E-state index in [1.54, 1.807) is 32.6 Å². The molecule has 0 aliphatic rings. The van der Waals surface area contributed by atoms with E-state index in [1.807, 2.05) is 24.3 Å². The van der Waals surface area contributed by atoms with Crippen LogP contribution in [0.15, 0.2) is 47.5 Å². The summed E-state index contributed by atoms with van der Waals surface area (Å²) in [7, 11) is 5.05. The molecule has 1 aromatic heterocycles. The second kappa shape index (κ2) is 11.8. The molecule has 0 bridgehead atoms. The van der Waals surface area contributed by atoms with Gasteiger partial charge in [-0.05, 0) is 36.2 Å². The van der Waals surface area contributed by atoms with Crippen molar-refractivity contribution in [3.05, 3.63) is 53.0 Å². The molecule has 0 saturated carbocycles. The van der Waals surface area contributed by atoms with E-state index in [2.05, 4.69) is 38.8 Å². The van der Waals surface area contributed by atoms with Gasteiger partial charge in [0.05, 0.1) is 29.4 Å². The summed E-state index contributed by atoms with van der Waals surface area (Å²) >= 11 is 1.77. The fraction of sp³-hybridized carbons (Fsp3) is 0.333. The third-order valence-corrected chi connectivity index (χ3v) is 5.43. The van der Waals surface area contributed by atoms with Crippen molar-refractivity contribution >= 4 is 51.5 Å². The molecule has 3 rings (SSSR count). The zero-order chi connectivity index (χ0) is 19.8. The number of halogens is 1. The Morgan fingerprint density at radius 1 is 1.07 bits per heavy atom. The number of benzene rings is 2. The van der Waals surface area contributed by atoms with E-state index in [4.69, 9.17) is 9.47 Å². The second-order valence-corrected chi connectivity index (χ2v) is 7.34. The lowest BCUT2D eigenvalue weighted by Gasteiger charge is -2.13.